The lowest BCUT2D eigenvalue weighted by molar-refractivity contribution is -0.120. The second-order valence-electron chi connectivity index (χ2n) is 5.90. The molecule has 2 N–H and O–H groups in total. The SMILES string of the molecule is O=C(Cc1nnc(NC(=O)c2ccccc2)s1)N/N=C\c1ccc2c(c1)OCO2. The lowest BCUT2D eigenvalue weighted by Crippen LogP contribution is -2.19. The normalized spacial score (nSPS) is 12.1. The van der Waals surface area contributed by atoms with E-state index in [9.17, 15) is 9.59 Å². The van der Waals surface area contributed by atoms with Crippen molar-refractivity contribution in [2.75, 3.05) is 12.1 Å². The van der Waals surface area contributed by atoms with Gasteiger partial charge in [0.1, 0.15) is 5.01 Å². The predicted octanol–water partition coefficient (Wildman–Crippen LogP) is 2.21. The molecule has 10 heteroatoms. The number of benzene rings is 2. The summed E-state index contributed by atoms with van der Waals surface area (Å²) < 4.78 is 10.5. The van der Waals surface area contributed by atoms with E-state index < -0.39 is 0 Å². The number of rotatable bonds is 6. The number of ether oxygens (including phenoxy) is 2. The van der Waals surface area contributed by atoms with E-state index in [2.05, 4.69) is 26.0 Å². The van der Waals surface area contributed by atoms with Gasteiger partial charge in [0, 0.05) is 5.56 Å². The standard InChI is InChI=1S/C19H15N5O4S/c25-16(22-20-10-12-6-7-14-15(8-12)28-11-27-14)9-17-23-24-19(29-17)21-18(26)13-4-2-1-3-5-13/h1-8,10H,9,11H2,(H,22,25)(H,21,24,26)/b20-10-. The van der Waals surface area contributed by atoms with Crippen molar-refractivity contribution < 1.29 is 19.1 Å². The van der Waals surface area contributed by atoms with Crippen molar-refractivity contribution >= 4 is 34.5 Å². The van der Waals surface area contributed by atoms with Gasteiger partial charge in [0.05, 0.1) is 12.6 Å². The molecule has 0 saturated heterocycles. The molecule has 1 aromatic heterocycles. The van der Waals surface area contributed by atoms with Gasteiger partial charge < -0.3 is 9.47 Å². The van der Waals surface area contributed by atoms with Crippen LogP contribution in [0, 0.1) is 0 Å². The molecule has 0 spiro atoms. The first-order valence-corrected chi connectivity index (χ1v) is 9.39. The molecule has 0 fully saturated rings. The summed E-state index contributed by atoms with van der Waals surface area (Å²) in [6.45, 7) is 0.197. The molecule has 4 rings (SSSR count). The van der Waals surface area contributed by atoms with Crippen molar-refractivity contribution in [1.29, 1.82) is 0 Å². The fraction of sp³-hybridized carbons (Fsp3) is 0.105. The summed E-state index contributed by atoms with van der Waals surface area (Å²) in [5, 5.41) is 15.2. The van der Waals surface area contributed by atoms with Crippen LogP contribution in [0.15, 0.2) is 53.6 Å². The van der Waals surface area contributed by atoms with Crippen LogP contribution in [0.5, 0.6) is 11.5 Å². The molecule has 1 aliphatic rings. The van der Waals surface area contributed by atoms with Crippen molar-refractivity contribution in [3.63, 3.8) is 0 Å². The first-order valence-electron chi connectivity index (χ1n) is 8.58. The van der Waals surface area contributed by atoms with Crippen LogP contribution < -0.4 is 20.2 Å². The van der Waals surface area contributed by atoms with Gasteiger partial charge in [-0.2, -0.15) is 5.10 Å². The minimum absolute atomic E-state index is 0.00263. The summed E-state index contributed by atoms with van der Waals surface area (Å²) in [7, 11) is 0. The Kier molecular flexibility index (Phi) is 5.43. The van der Waals surface area contributed by atoms with Crippen molar-refractivity contribution in [3.8, 4) is 11.5 Å². The van der Waals surface area contributed by atoms with Crippen molar-refractivity contribution in [2.24, 2.45) is 5.10 Å². The number of carbonyl (C=O) groups is 2. The second-order valence-corrected chi connectivity index (χ2v) is 6.97. The first kappa shape index (κ1) is 18.6. The molecule has 0 radical (unpaired) electrons. The number of hydrogen-bond acceptors (Lipinski definition) is 8. The van der Waals surface area contributed by atoms with E-state index in [-0.39, 0.29) is 25.0 Å². The van der Waals surface area contributed by atoms with Gasteiger partial charge in [-0.05, 0) is 35.9 Å². The number of nitrogens with zero attached hydrogens (tertiary/aromatic N) is 3. The molecular weight excluding hydrogens is 394 g/mol. The van der Waals surface area contributed by atoms with Gasteiger partial charge in [-0.1, -0.05) is 29.5 Å². The largest absolute Gasteiger partial charge is 0.454 e. The number of nitrogens with one attached hydrogen (secondary N) is 2. The summed E-state index contributed by atoms with van der Waals surface area (Å²) in [4.78, 5) is 24.1. The Morgan fingerprint density at radius 1 is 1.10 bits per heavy atom. The fourth-order valence-corrected chi connectivity index (χ4v) is 3.22. The minimum atomic E-state index is -0.348. The predicted molar refractivity (Wildman–Crippen MR) is 106 cm³/mol. The number of fused-ring (bicyclic) bond motifs is 1. The maximum atomic E-state index is 12.1. The number of hydrazone groups is 1. The molecular formula is C19H15N5O4S. The molecule has 0 saturated carbocycles. The van der Waals surface area contributed by atoms with Crippen LogP contribution >= 0.6 is 11.3 Å². The van der Waals surface area contributed by atoms with Crippen LogP contribution in [0.2, 0.25) is 0 Å². The first-order chi connectivity index (χ1) is 14.2. The lowest BCUT2D eigenvalue weighted by atomic mass is 10.2. The molecule has 146 valence electrons. The molecule has 2 aromatic carbocycles. The highest BCUT2D eigenvalue weighted by Gasteiger charge is 2.13. The molecule has 0 atom stereocenters. The van der Waals surface area contributed by atoms with Gasteiger partial charge >= 0.3 is 0 Å². The van der Waals surface area contributed by atoms with E-state index in [1.165, 1.54) is 6.21 Å². The van der Waals surface area contributed by atoms with Gasteiger partial charge in [0.25, 0.3) is 5.91 Å². The molecule has 0 unspecified atom stereocenters. The average Bonchev–Trinajstić information content (AvgIpc) is 3.37. The average molecular weight is 409 g/mol. The zero-order valence-electron chi connectivity index (χ0n) is 15.0. The fourth-order valence-electron chi connectivity index (χ4n) is 2.48. The Morgan fingerprint density at radius 3 is 2.79 bits per heavy atom. The Labute approximate surface area is 169 Å². The highest BCUT2D eigenvalue weighted by atomic mass is 32.1. The van der Waals surface area contributed by atoms with Gasteiger partial charge in [-0.25, -0.2) is 5.43 Å². The molecule has 2 heterocycles. The molecule has 0 bridgehead atoms. The maximum absolute atomic E-state index is 12.1. The third-order valence-corrected chi connectivity index (χ3v) is 4.67. The van der Waals surface area contributed by atoms with Gasteiger partial charge in [-0.3, -0.25) is 14.9 Å². The van der Waals surface area contributed by atoms with Crippen molar-refractivity contribution in [2.45, 2.75) is 6.42 Å². The van der Waals surface area contributed by atoms with Crippen LogP contribution in [0.3, 0.4) is 0 Å². The van der Waals surface area contributed by atoms with Crippen LogP contribution in [-0.2, 0) is 11.2 Å². The smallest absolute Gasteiger partial charge is 0.257 e. The zero-order valence-corrected chi connectivity index (χ0v) is 15.8. The number of hydrogen-bond donors (Lipinski definition) is 2. The van der Waals surface area contributed by atoms with Crippen LogP contribution in [0.4, 0.5) is 5.13 Å². The van der Waals surface area contributed by atoms with Crippen LogP contribution in [0.25, 0.3) is 0 Å². The topological polar surface area (TPSA) is 115 Å². The molecule has 29 heavy (non-hydrogen) atoms. The second kappa shape index (κ2) is 8.48. The third-order valence-electron chi connectivity index (χ3n) is 3.83. The van der Waals surface area contributed by atoms with Gasteiger partial charge in [0.2, 0.25) is 17.8 Å². The highest BCUT2D eigenvalue weighted by molar-refractivity contribution is 7.15. The lowest BCUT2D eigenvalue weighted by Gasteiger charge is -2.00. The summed E-state index contributed by atoms with van der Waals surface area (Å²) >= 11 is 1.13. The summed E-state index contributed by atoms with van der Waals surface area (Å²) in [6.07, 6.45) is 1.50. The monoisotopic (exact) mass is 409 g/mol. The van der Waals surface area contributed by atoms with Crippen LogP contribution in [-0.4, -0.2) is 35.0 Å². The van der Waals surface area contributed by atoms with Crippen LogP contribution in [0.1, 0.15) is 20.9 Å². The minimum Gasteiger partial charge on any atom is -0.454 e. The Balaban J connectivity index is 1.28. The van der Waals surface area contributed by atoms with E-state index in [0.29, 0.717) is 27.2 Å². The number of aromatic nitrogens is 2. The maximum Gasteiger partial charge on any atom is 0.257 e. The van der Waals surface area contributed by atoms with E-state index in [1.807, 2.05) is 6.07 Å². The third kappa shape index (κ3) is 4.74. The number of anilines is 1. The molecule has 9 nitrogen and oxygen atoms in total. The summed E-state index contributed by atoms with van der Waals surface area (Å²) in [6, 6.07) is 14.1. The van der Waals surface area contributed by atoms with E-state index >= 15 is 0 Å². The Morgan fingerprint density at radius 2 is 1.93 bits per heavy atom. The summed E-state index contributed by atoms with van der Waals surface area (Å²) in [5.74, 6) is 0.682. The van der Waals surface area contributed by atoms with E-state index in [1.54, 1.807) is 42.5 Å². The van der Waals surface area contributed by atoms with E-state index in [4.69, 9.17) is 9.47 Å². The van der Waals surface area contributed by atoms with Crippen molar-refractivity contribution in [3.05, 3.63) is 64.7 Å². The van der Waals surface area contributed by atoms with Gasteiger partial charge in [-0.15, -0.1) is 10.2 Å². The molecule has 1 aliphatic heterocycles. The quantitative estimate of drug-likeness (QED) is 0.477. The molecule has 2 amide bonds. The number of carbonyl (C=O) groups excluding carboxylic acids is 2. The Bertz CT molecular complexity index is 1070. The zero-order chi connectivity index (χ0) is 20.1. The molecule has 0 aliphatic carbocycles. The molecule has 3 aromatic rings. The van der Waals surface area contributed by atoms with Crippen molar-refractivity contribution in [1.82, 2.24) is 15.6 Å². The summed E-state index contributed by atoms with van der Waals surface area (Å²) in [5.41, 5.74) is 3.71. The van der Waals surface area contributed by atoms with Gasteiger partial charge in [0.15, 0.2) is 11.5 Å². The Hall–Kier alpha value is -3.79. The highest BCUT2D eigenvalue weighted by Crippen LogP contribution is 2.31. The van der Waals surface area contributed by atoms with E-state index in [0.717, 1.165) is 16.9 Å². The number of amides is 2.